The number of halogens is 15. The van der Waals surface area contributed by atoms with Gasteiger partial charge < -0.3 is 11.3 Å². The molecule has 0 unspecified atom stereocenters. The first kappa shape index (κ1) is 26.8. The highest BCUT2D eigenvalue weighted by atomic mass is 19.2. The minimum atomic E-state index is -6.11. The lowest BCUT2D eigenvalue weighted by Gasteiger charge is -2.32. The molecule has 0 amide bonds. The molecule has 0 aliphatic rings. The first-order valence-corrected chi connectivity index (χ1v) is 8.68. The molecule has 3 rings (SSSR count). The monoisotopic (exact) mass is 538 g/mol. The zero-order valence-corrected chi connectivity index (χ0v) is 16.2. The molecule has 0 bridgehead atoms. The van der Waals surface area contributed by atoms with Crippen molar-refractivity contribution in [2.45, 2.75) is 0 Å². The van der Waals surface area contributed by atoms with Crippen molar-refractivity contribution in [3.05, 3.63) is 98.6 Å². The van der Waals surface area contributed by atoms with E-state index in [1.54, 1.807) is 0 Å². The van der Waals surface area contributed by atoms with E-state index >= 15 is 0 Å². The Morgan fingerprint density at radius 2 is 0.444 bits per heavy atom. The van der Waals surface area contributed by atoms with E-state index in [4.69, 9.17) is 6.57 Å². The van der Waals surface area contributed by atoms with E-state index in [0.717, 1.165) is 0 Å². The minimum Gasteiger partial charge on any atom is -0.559 e. The smallest absolute Gasteiger partial charge is 0.443 e. The molecule has 1 nitrogen and oxygen atoms in total. The molecule has 0 spiro atoms. The summed E-state index contributed by atoms with van der Waals surface area (Å²) in [5.41, 5.74) is -8.85. The van der Waals surface area contributed by atoms with E-state index in [0.29, 0.717) is 0 Å². The van der Waals surface area contributed by atoms with Crippen molar-refractivity contribution in [2.24, 2.45) is 0 Å². The van der Waals surface area contributed by atoms with E-state index in [1.807, 2.05) is 4.76 Å². The predicted molar refractivity (Wildman–Crippen MR) is 90.0 cm³/mol. The van der Waals surface area contributed by atoms with E-state index in [9.17, 15) is 65.9 Å². The van der Waals surface area contributed by atoms with Crippen LogP contribution in [0, 0.1) is 93.8 Å². The van der Waals surface area contributed by atoms with Gasteiger partial charge in [0.25, 0.3) is 0 Å². The van der Waals surface area contributed by atoms with Crippen molar-refractivity contribution in [2.75, 3.05) is 0 Å². The number of nitrogens with zero attached hydrogens (tertiary/aromatic N) is 1. The first-order valence-electron chi connectivity index (χ1n) is 8.68. The summed E-state index contributed by atoms with van der Waals surface area (Å²) < 4.78 is 214. The highest BCUT2D eigenvalue weighted by molar-refractivity contribution is 7.14. The van der Waals surface area contributed by atoms with E-state index < -0.39 is 110 Å². The maximum Gasteiger partial charge on any atom is 0.443 e. The summed E-state index contributed by atoms with van der Waals surface area (Å²) in [6.07, 6.45) is -6.11. The van der Waals surface area contributed by atoms with Gasteiger partial charge in [-0.2, -0.15) is 0 Å². The fourth-order valence-corrected chi connectivity index (χ4v) is 3.59. The average Bonchev–Trinajstić information content (AvgIpc) is 2.85. The molecule has 0 aromatic heterocycles. The zero-order chi connectivity index (χ0) is 27.6. The van der Waals surface area contributed by atoms with Crippen LogP contribution in [0.25, 0.3) is 4.76 Å². The molecule has 0 saturated carbocycles. The Balaban J connectivity index is 2.86. The summed E-state index contributed by atoms with van der Waals surface area (Å²) in [6, 6.07) is 0. The van der Waals surface area contributed by atoms with Crippen molar-refractivity contribution in [3.8, 4) is 0 Å². The Hall–Kier alpha value is -3.84. The lowest BCUT2D eigenvalue weighted by atomic mass is 9.24. The number of hydrogen-bond acceptors (Lipinski definition) is 0. The summed E-state index contributed by atoms with van der Waals surface area (Å²) in [4.78, 5) is 0. The topological polar surface area (TPSA) is 4.36 Å². The van der Waals surface area contributed by atoms with E-state index in [-0.39, 0.29) is 0 Å². The van der Waals surface area contributed by atoms with Crippen molar-refractivity contribution >= 4 is 22.7 Å². The summed E-state index contributed by atoms with van der Waals surface area (Å²) in [7, 11) is 0. The highest BCUT2D eigenvalue weighted by Crippen LogP contribution is 2.28. The predicted octanol–water partition coefficient (Wildman–Crippen LogP) is 4.66. The van der Waals surface area contributed by atoms with Gasteiger partial charge in [0, 0.05) is 0 Å². The van der Waals surface area contributed by atoms with Crippen LogP contribution in [-0.4, -0.2) is 6.28 Å². The third-order valence-electron chi connectivity index (χ3n) is 5.18. The Kier molecular flexibility index (Phi) is 6.45. The Morgan fingerprint density at radius 1 is 0.306 bits per heavy atom. The van der Waals surface area contributed by atoms with Gasteiger partial charge in [-0.3, -0.25) is 0 Å². The lowest BCUT2D eigenvalue weighted by molar-refractivity contribution is 0.380. The number of hydrogen-bond donors (Lipinski definition) is 0. The van der Waals surface area contributed by atoms with Gasteiger partial charge in [-0.15, -0.1) is 0 Å². The molecular weight excluding hydrogens is 538 g/mol. The molecule has 0 aliphatic carbocycles. The van der Waals surface area contributed by atoms with E-state index in [1.165, 1.54) is 0 Å². The molecule has 0 atom stereocenters. The molecule has 0 saturated heterocycles. The highest BCUT2D eigenvalue weighted by Gasteiger charge is 2.56. The maximum atomic E-state index is 14.7. The van der Waals surface area contributed by atoms with Gasteiger partial charge in [0.05, 0.1) is 0 Å². The number of benzene rings is 3. The van der Waals surface area contributed by atoms with Crippen molar-refractivity contribution in [1.29, 1.82) is 0 Å². The SMILES string of the molecule is [C-]#[N+][B-](c1c(F)c(F)c(F)c(F)c1F)(c1c(F)c(F)c(F)c(F)c1F)c1c(F)c(F)c(F)c(F)c1F. The standard InChI is InChI=1S/C19BF15N/c1-36-20(2-5(21)11(27)17(33)12(28)6(2)22,3-7(23)13(29)18(34)14(30)8(3)24)4-9(25)15(31)19(35)16(32)10(4)26/q-1. The van der Waals surface area contributed by atoms with Crippen LogP contribution in [0.3, 0.4) is 0 Å². The molecule has 3 aromatic carbocycles. The van der Waals surface area contributed by atoms with Gasteiger partial charge in [-0.1, -0.05) is 0 Å². The van der Waals surface area contributed by atoms with Gasteiger partial charge in [0.1, 0.15) is 34.9 Å². The quantitative estimate of drug-likeness (QED) is 0.150. The van der Waals surface area contributed by atoms with Gasteiger partial charge in [0.15, 0.2) is 52.4 Å². The Morgan fingerprint density at radius 3 is 0.583 bits per heavy atom. The molecule has 190 valence electrons. The number of rotatable bonds is 3. The fraction of sp³-hybridized carbons (Fsp3) is 0. The molecule has 17 heteroatoms. The van der Waals surface area contributed by atoms with Crippen LogP contribution in [0.1, 0.15) is 0 Å². The molecule has 0 heterocycles. The molecular formula is C19BF15N-. The van der Waals surface area contributed by atoms with Crippen LogP contribution in [0.15, 0.2) is 0 Å². The molecule has 0 aliphatic heterocycles. The molecule has 36 heavy (non-hydrogen) atoms. The molecule has 0 N–H and O–H groups in total. The van der Waals surface area contributed by atoms with Crippen LogP contribution in [0.2, 0.25) is 0 Å². The van der Waals surface area contributed by atoms with Crippen LogP contribution < -0.4 is 16.4 Å². The zero-order valence-electron chi connectivity index (χ0n) is 16.2. The molecule has 3 aromatic rings. The van der Waals surface area contributed by atoms with Gasteiger partial charge in [-0.25, -0.2) is 65.9 Å². The Labute approximate surface area is 188 Å². The second-order valence-corrected chi connectivity index (χ2v) is 6.90. The second-order valence-electron chi connectivity index (χ2n) is 6.90. The van der Waals surface area contributed by atoms with Crippen LogP contribution in [0.5, 0.6) is 0 Å². The van der Waals surface area contributed by atoms with Crippen LogP contribution in [-0.2, 0) is 0 Å². The first-order chi connectivity index (χ1) is 16.6. The van der Waals surface area contributed by atoms with Crippen LogP contribution >= 0.6 is 0 Å². The maximum absolute atomic E-state index is 14.7. The largest absolute Gasteiger partial charge is 0.559 e. The average molecular weight is 538 g/mol. The normalized spacial score (nSPS) is 11.7. The summed E-state index contributed by atoms with van der Waals surface area (Å²) in [6.45, 7) is 7.12. The lowest BCUT2D eigenvalue weighted by Crippen LogP contribution is -2.71. The van der Waals surface area contributed by atoms with Crippen LogP contribution in [0.4, 0.5) is 65.9 Å². The van der Waals surface area contributed by atoms with Crippen molar-refractivity contribution in [1.82, 2.24) is 0 Å². The second kappa shape index (κ2) is 8.68. The van der Waals surface area contributed by atoms with Gasteiger partial charge >= 0.3 is 6.28 Å². The third-order valence-corrected chi connectivity index (χ3v) is 5.18. The molecule has 0 radical (unpaired) electrons. The summed E-state index contributed by atoms with van der Waals surface area (Å²) in [5.74, 6) is -47.3. The van der Waals surface area contributed by atoms with E-state index in [2.05, 4.69) is 0 Å². The Bertz CT molecular complexity index is 1260. The fourth-order valence-electron chi connectivity index (χ4n) is 3.59. The summed E-state index contributed by atoms with van der Waals surface area (Å²) in [5, 5.41) is 0. The van der Waals surface area contributed by atoms with Crippen molar-refractivity contribution < 1.29 is 65.9 Å². The minimum absolute atomic E-state index is 2.04. The molecule has 0 fully saturated rings. The van der Waals surface area contributed by atoms with Crippen molar-refractivity contribution in [3.63, 3.8) is 0 Å². The van der Waals surface area contributed by atoms with Gasteiger partial charge in [-0.05, 0) is 16.4 Å². The van der Waals surface area contributed by atoms with Gasteiger partial charge in [0.2, 0.25) is 0 Å². The third kappa shape index (κ3) is 3.23. The summed E-state index contributed by atoms with van der Waals surface area (Å²) >= 11 is 0.